The molecular formula is C14H21N3O2. The van der Waals surface area contributed by atoms with Gasteiger partial charge >= 0.3 is 0 Å². The number of nitrogens with zero attached hydrogens (tertiary/aromatic N) is 1. The van der Waals surface area contributed by atoms with Crippen LogP contribution in [0.1, 0.15) is 37.2 Å². The highest BCUT2D eigenvalue weighted by molar-refractivity contribution is 5.92. The molecule has 2 rings (SSSR count). The summed E-state index contributed by atoms with van der Waals surface area (Å²) >= 11 is 0. The van der Waals surface area contributed by atoms with Crippen LogP contribution in [0.25, 0.3) is 0 Å². The largest absolute Gasteiger partial charge is 0.333 e. The third-order valence-electron chi connectivity index (χ3n) is 3.46. The van der Waals surface area contributed by atoms with E-state index in [2.05, 4.69) is 10.3 Å². The Balaban J connectivity index is 2.13. The fourth-order valence-corrected chi connectivity index (χ4v) is 2.41. The quantitative estimate of drug-likeness (QED) is 0.851. The smallest absolute Gasteiger partial charge is 0.270 e. The molecule has 1 aromatic rings. The van der Waals surface area contributed by atoms with Gasteiger partial charge in [0.05, 0.1) is 0 Å². The van der Waals surface area contributed by atoms with Crippen LogP contribution < -0.4 is 10.9 Å². The summed E-state index contributed by atoms with van der Waals surface area (Å²) in [6, 6.07) is 5.15. The maximum Gasteiger partial charge on any atom is 0.270 e. The Morgan fingerprint density at radius 3 is 2.84 bits per heavy atom. The standard InChI is InChI=1S/C14H21N3O2/c1-10(2)17(9-11-5-4-8-15-11)14(19)12-6-3-7-13(18)16-12/h3,6-7,10-11,15H,4-5,8-9H2,1-2H3,(H,16,18). The Kier molecular flexibility index (Phi) is 4.37. The minimum absolute atomic E-state index is 0.110. The molecular weight excluding hydrogens is 242 g/mol. The summed E-state index contributed by atoms with van der Waals surface area (Å²) < 4.78 is 0. The number of amides is 1. The first-order valence-electron chi connectivity index (χ1n) is 6.81. The molecule has 1 fully saturated rings. The van der Waals surface area contributed by atoms with E-state index in [4.69, 9.17) is 0 Å². The van der Waals surface area contributed by atoms with Crippen LogP contribution in [0, 0.1) is 0 Å². The van der Waals surface area contributed by atoms with E-state index >= 15 is 0 Å². The van der Waals surface area contributed by atoms with Gasteiger partial charge in [0.15, 0.2) is 0 Å². The third kappa shape index (κ3) is 3.44. The molecule has 1 aliphatic rings. The highest BCUT2D eigenvalue weighted by Crippen LogP contribution is 2.11. The summed E-state index contributed by atoms with van der Waals surface area (Å²) in [6.45, 7) is 5.70. The summed E-state index contributed by atoms with van der Waals surface area (Å²) in [4.78, 5) is 28.2. The first-order valence-corrected chi connectivity index (χ1v) is 6.81. The van der Waals surface area contributed by atoms with E-state index in [-0.39, 0.29) is 17.5 Å². The molecule has 0 aliphatic carbocycles. The van der Waals surface area contributed by atoms with Gasteiger partial charge in [-0.25, -0.2) is 0 Å². The van der Waals surface area contributed by atoms with Gasteiger partial charge in [-0.3, -0.25) is 9.59 Å². The topological polar surface area (TPSA) is 65.2 Å². The van der Waals surface area contributed by atoms with E-state index in [9.17, 15) is 9.59 Å². The summed E-state index contributed by atoms with van der Waals surface area (Å²) in [7, 11) is 0. The molecule has 1 aliphatic heterocycles. The molecule has 0 bridgehead atoms. The third-order valence-corrected chi connectivity index (χ3v) is 3.46. The molecule has 5 nitrogen and oxygen atoms in total. The Morgan fingerprint density at radius 1 is 1.47 bits per heavy atom. The first-order chi connectivity index (χ1) is 9.08. The van der Waals surface area contributed by atoms with E-state index < -0.39 is 0 Å². The number of hydrogen-bond acceptors (Lipinski definition) is 3. The minimum atomic E-state index is -0.242. The van der Waals surface area contributed by atoms with E-state index in [1.54, 1.807) is 12.1 Å². The molecule has 0 spiro atoms. The molecule has 0 saturated carbocycles. The zero-order valence-corrected chi connectivity index (χ0v) is 11.5. The van der Waals surface area contributed by atoms with Crippen LogP contribution in [0.2, 0.25) is 0 Å². The SMILES string of the molecule is CC(C)N(CC1CCCN1)C(=O)c1cccc(=O)[nH]1. The predicted octanol–water partition coefficient (Wildman–Crippen LogP) is 0.978. The van der Waals surface area contributed by atoms with Gasteiger partial charge in [0.25, 0.3) is 5.91 Å². The Hall–Kier alpha value is -1.62. The number of hydrogen-bond donors (Lipinski definition) is 2. The predicted molar refractivity (Wildman–Crippen MR) is 74.3 cm³/mol. The minimum Gasteiger partial charge on any atom is -0.333 e. The molecule has 1 saturated heterocycles. The van der Waals surface area contributed by atoms with Crippen molar-refractivity contribution in [1.82, 2.24) is 15.2 Å². The summed E-state index contributed by atoms with van der Waals surface area (Å²) in [5.74, 6) is -0.110. The molecule has 19 heavy (non-hydrogen) atoms. The molecule has 1 atom stereocenters. The number of carbonyl (C=O) groups is 1. The number of H-pyrrole nitrogens is 1. The Labute approximate surface area is 113 Å². The van der Waals surface area contributed by atoms with Gasteiger partial charge in [0.2, 0.25) is 5.56 Å². The summed E-state index contributed by atoms with van der Waals surface area (Å²) in [5, 5.41) is 3.39. The zero-order valence-electron chi connectivity index (χ0n) is 11.5. The van der Waals surface area contributed by atoms with E-state index in [1.807, 2.05) is 18.7 Å². The van der Waals surface area contributed by atoms with Crippen molar-refractivity contribution < 1.29 is 4.79 Å². The average molecular weight is 263 g/mol. The van der Waals surface area contributed by atoms with Crippen molar-refractivity contribution in [3.8, 4) is 0 Å². The van der Waals surface area contributed by atoms with E-state index in [0.717, 1.165) is 19.4 Å². The lowest BCUT2D eigenvalue weighted by atomic mass is 10.1. The number of rotatable bonds is 4. The van der Waals surface area contributed by atoms with Crippen LogP contribution >= 0.6 is 0 Å². The molecule has 1 amide bonds. The maximum absolute atomic E-state index is 12.5. The van der Waals surface area contributed by atoms with Crippen molar-refractivity contribution in [2.75, 3.05) is 13.1 Å². The van der Waals surface area contributed by atoms with Crippen LogP contribution in [-0.4, -0.2) is 41.0 Å². The fraction of sp³-hybridized carbons (Fsp3) is 0.571. The number of nitrogens with one attached hydrogen (secondary N) is 2. The number of aromatic amines is 1. The number of pyridine rings is 1. The van der Waals surface area contributed by atoms with Crippen molar-refractivity contribution in [3.05, 3.63) is 34.2 Å². The number of aromatic nitrogens is 1. The van der Waals surface area contributed by atoms with Crippen molar-refractivity contribution in [3.63, 3.8) is 0 Å². The van der Waals surface area contributed by atoms with Crippen LogP contribution in [0.5, 0.6) is 0 Å². The normalized spacial score (nSPS) is 18.8. The molecule has 104 valence electrons. The number of carbonyl (C=O) groups excluding carboxylic acids is 1. The van der Waals surface area contributed by atoms with Gasteiger partial charge in [-0.15, -0.1) is 0 Å². The van der Waals surface area contributed by atoms with Crippen molar-refractivity contribution in [2.24, 2.45) is 0 Å². The lowest BCUT2D eigenvalue weighted by Gasteiger charge is -2.29. The molecule has 0 radical (unpaired) electrons. The van der Waals surface area contributed by atoms with Gasteiger partial charge in [0.1, 0.15) is 5.69 Å². The highest BCUT2D eigenvalue weighted by atomic mass is 16.2. The molecule has 0 aromatic carbocycles. The van der Waals surface area contributed by atoms with Gasteiger partial charge in [0, 0.05) is 24.7 Å². The van der Waals surface area contributed by atoms with Crippen LogP contribution in [0.15, 0.2) is 23.0 Å². The van der Waals surface area contributed by atoms with Crippen LogP contribution in [0.4, 0.5) is 0 Å². The summed E-state index contributed by atoms with van der Waals surface area (Å²) in [6.07, 6.45) is 2.26. The maximum atomic E-state index is 12.5. The van der Waals surface area contributed by atoms with Gasteiger partial charge in [-0.1, -0.05) is 6.07 Å². The van der Waals surface area contributed by atoms with Crippen molar-refractivity contribution >= 4 is 5.91 Å². The Morgan fingerprint density at radius 2 is 2.26 bits per heavy atom. The molecule has 1 unspecified atom stereocenters. The second kappa shape index (κ2) is 6.02. The second-order valence-electron chi connectivity index (χ2n) is 5.27. The van der Waals surface area contributed by atoms with Gasteiger partial charge in [-0.2, -0.15) is 0 Å². The van der Waals surface area contributed by atoms with E-state index in [0.29, 0.717) is 18.3 Å². The monoisotopic (exact) mass is 263 g/mol. The lowest BCUT2D eigenvalue weighted by Crippen LogP contribution is -2.45. The first kappa shape index (κ1) is 13.8. The second-order valence-corrected chi connectivity index (χ2v) is 5.27. The van der Waals surface area contributed by atoms with Crippen molar-refractivity contribution in [1.29, 1.82) is 0 Å². The molecule has 2 heterocycles. The van der Waals surface area contributed by atoms with E-state index in [1.165, 1.54) is 6.07 Å². The van der Waals surface area contributed by atoms with Gasteiger partial charge in [-0.05, 0) is 39.3 Å². The summed E-state index contributed by atoms with van der Waals surface area (Å²) in [5.41, 5.74) is 0.118. The Bertz CT molecular complexity index is 489. The average Bonchev–Trinajstić information content (AvgIpc) is 2.87. The molecule has 1 aromatic heterocycles. The van der Waals surface area contributed by atoms with Gasteiger partial charge < -0.3 is 15.2 Å². The highest BCUT2D eigenvalue weighted by Gasteiger charge is 2.24. The molecule has 5 heteroatoms. The van der Waals surface area contributed by atoms with Crippen LogP contribution in [0.3, 0.4) is 0 Å². The lowest BCUT2D eigenvalue weighted by molar-refractivity contribution is 0.0682. The fourth-order valence-electron chi connectivity index (χ4n) is 2.41. The molecule has 2 N–H and O–H groups in total. The zero-order chi connectivity index (χ0) is 13.8. The van der Waals surface area contributed by atoms with Crippen molar-refractivity contribution in [2.45, 2.75) is 38.8 Å². The van der Waals surface area contributed by atoms with Crippen LogP contribution in [-0.2, 0) is 0 Å².